The van der Waals surface area contributed by atoms with Crippen LogP contribution in [-0.2, 0) is 10.2 Å². The van der Waals surface area contributed by atoms with Gasteiger partial charge >= 0.3 is 0 Å². The molecule has 4 nitrogen and oxygen atoms in total. The first kappa shape index (κ1) is 16.2. The highest BCUT2D eigenvalue weighted by atomic mass is 19.1. The molecule has 0 atom stereocenters. The van der Waals surface area contributed by atoms with Crippen molar-refractivity contribution in [3.8, 4) is 0 Å². The van der Waals surface area contributed by atoms with Crippen molar-refractivity contribution in [3.63, 3.8) is 0 Å². The predicted molar refractivity (Wildman–Crippen MR) is 90.0 cm³/mol. The minimum atomic E-state index is -0.202. The van der Waals surface area contributed by atoms with E-state index in [1.54, 1.807) is 0 Å². The van der Waals surface area contributed by atoms with E-state index in [1.807, 2.05) is 12.1 Å². The number of benzene rings is 1. The van der Waals surface area contributed by atoms with E-state index in [-0.39, 0.29) is 11.2 Å². The fourth-order valence-corrected chi connectivity index (χ4v) is 3.56. The molecule has 2 saturated heterocycles. The number of piperidine rings is 1. The summed E-state index contributed by atoms with van der Waals surface area (Å²) in [7, 11) is 0. The topological polar surface area (TPSA) is 50.9 Å². The number of rotatable bonds is 3. The summed E-state index contributed by atoms with van der Waals surface area (Å²) < 4.78 is 18.8. The summed E-state index contributed by atoms with van der Waals surface area (Å²) in [5, 5.41) is 0. The Morgan fingerprint density at radius 2 is 1.78 bits per heavy atom. The van der Waals surface area contributed by atoms with Crippen LogP contribution in [0.2, 0.25) is 0 Å². The van der Waals surface area contributed by atoms with E-state index in [0.717, 1.165) is 44.7 Å². The average molecular weight is 319 g/mol. The number of halogens is 1. The van der Waals surface area contributed by atoms with Crippen molar-refractivity contribution < 1.29 is 9.13 Å². The zero-order chi connectivity index (χ0) is 16.1. The van der Waals surface area contributed by atoms with E-state index in [4.69, 9.17) is 15.5 Å². The van der Waals surface area contributed by atoms with E-state index in [2.05, 4.69) is 4.90 Å². The molecule has 0 spiro atoms. The van der Waals surface area contributed by atoms with Gasteiger partial charge in [0.25, 0.3) is 0 Å². The van der Waals surface area contributed by atoms with Gasteiger partial charge in [0.05, 0.1) is 6.54 Å². The minimum absolute atomic E-state index is 0.0909. The zero-order valence-corrected chi connectivity index (χ0v) is 13.6. The Morgan fingerprint density at radius 3 is 2.43 bits per heavy atom. The number of hydrogen-bond acceptors (Lipinski definition) is 2. The molecule has 1 aromatic carbocycles. The first-order valence-electron chi connectivity index (χ1n) is 8.58. The van der Waals surface area contributed by atoms with E-state index < -0.39 is 0 Å². The fraction of sp³-hybridized carbons (Fsp3) is 0.611. The predicted octanol–water partition coefficient (Wildman–Crippen LogP) is 2.67. The van der Waals surface area contributed by atoms with Crippen molar-refractivity contribution >= 4 is 5.96 Å². The number of ether oxygens (including phenoxy) is 1. The Balaban J connectivity index is 1.77. The number of hydrogen-bond donors (Lipinski definition) is 1. The number of aliphatic imine (C=N–C) groups is 1. The largest absolute Gasteiger partial charge is 0.381 e. The van der Waals surface area contributed by atoms with Gasteiger partial charge in [-0.3, -0.25) is 4.99 Å². The van der Waals surface area contributed by atoms with Gasteiger partial charge in [-0.1, -0.05) is 12.1 Å². The molecule has 0 bridgehead atoms. The fourth-order valence-electron chi connectivity index (χ4n) is 3.56. The van der Waals surface area contributed by atoms with Gasteiger partial charge in [0.1, 0.15) is 5.82 Å². The van der Waals surface area contributed by atoms with E-state index in [0.29, 0.717) is 12.5 Å². The van der Waals surface area contributed by atoms with Crippen molar-refractivity contribution in [1.29, 1.82) is 0 Å². The Morgan fingerprint density at radius 1 is 1.13 bits per heavy atom. The highest BCUT2D eigenvalue weighted by molar-refractivity contribution is 5.78. The SMILES string of the molecule is NC(=NCC1(c2ccc(F)cc2)CCOCC1)N1CCCCC1. The first-order chi connectivity index (χ1) is 11.2. The molecule has 2 N–H and O–H groups in total. The summed E-state index contributed by atoms with van der Waals surface area (Å²) >= 11 is 0. The van der Waals surface area contributed by atoms with Crippen LogP contribution in [0, 0.1) is 5.82 Å². The summed E-state index contributed by atoms with van der Waals surface area (Å²) in [5.41, 5.74) is 7.26. The van der Waals surface area contributed by atoms with Crippen molar-refractivity contribution in [1.82, 2.24) is 4.90 Å². The van der Waals surface area contributed by atoms with Gasteiger partial charge in [0.2, 0.25) is 0 Å². The molecule has 2 aliphatic rings. The standard InChI is InChI=1S/C18H26FN3O/c19-16-6-4-15(5-7-16)18(8-12-23-13-9-18)14-21-17(20)22-10-2-1-3-11-22/h4-7H,1-3,8-14H2,(H2,20,21). The Kier molecular flexibility index (Phi) is 5.16. The lowest BCUT2D eigenvalue weighted by atomic mass is 9.74. The monoisotopic (exact) mass is 319 g/mol. The molecule has 2 heterocycles. The van der Waals surface area contributed by atoms with Crippen LogP contribution in [0.15, 0.2) is 29.3 Å². The van der Waals surface area contributed by atoms with Gasteiger partial charge in [0, 0.05) is 31.7 Å². The molecular weight excluding hydrogens is 293 g/mol. The average Bonchev–Trinajstić information content (AvgIpc) is 2.62. The number of guanidine groups is 1. The third-order valence-corrected chi connectivity index (χ3v) is 5.13. The van der Waals surface area contributed by atoms with Crippen LogP contribution in [0.1, 0.15) is 37.7 Å². The van der Waals surface area contributed by atoms with E-state index in [9.17, 15) is 4.39 Å². The van der Waals surface area contributed by atoms with Crippen LogP contribution >= 0.6 is 0 Å². The third-order valence-electron chi connectivity index (χ3n) is 5.13. The third kappa shape index (κ3) is 3.83. The van der Waals surface area contributed by atoms with Gasteiger partial charge in [-0.2, -0.15) is 0 Å². The van der Waals surface area contributed by atoms with Crippen LogP contribution < -0.4 is 5.73 Å². The summed E-state index contributed by atoms with van der Waals surface area (Å²) in [6, 6.07) is 6.83. The maximum Gasteiger partial charge on any atom is 0.191 e. The lowest BCUT2D eigenvalue weighted by Gasteiger charge is -2.37. The van der Waals surface area contributed by atoms with Crippen molar-refractivity contribution in [2.45, 2.75) is 37.5 Å². The first-order valence-corrected chi connectivity index (χ1v) is 8.58. The van der Waals surface area contributed by atoms with Gasteiger partial charge < -0.3 is 15.4 Å². The maximum atomic E-state index is 13.3. The van der Waals surface area contributed by atoms with Gasteiger partial charge in [0.15, 0.2) is 5.96 Å². The molecule has 23 heavy (non-hydrogen) atoms. The molecule has 3 rings (SSSR count). The second-order valence-corrected chi connectivity index (χ2v) is 6.62. The van der Waals surface area contributed by atoms with Crippen molar-refractivity contribution in [2.24, 2.45) is 10.7 Å². The van der Waals surface area contributed by atoms with E-state index in [1.165, 1.54) is 31.4 Å². The second-order valence-electron chi connectivity index (χ2n) is 6.62. The van der Waals surface area contributed by atoms with Gasteiger partial charge in [-0.05, 0) is 49.8 Å². The Bertz CT molecular complexity index is 532. The normalized spacial score (nSPS) is 22.1. The molecule has 126 valence electrons. The van der Waals surface area contributed by atoms with Gasteiger partial charge in [-0.25, -0.2) is 4.39 Å². The van der Waals surface area contributed by atoms with Crippen LogP contribution in [0.4, 0.5) is 4.39 Å². The lowest BCUT2D eigenvalue weighted by molar-refractivity contribution is 0.0530. The quantitative estimate of drug-likeness (QED) is 0.688. The molecule has 0 radical (unpaired) electrons. The van der Waals surface area contributed by atoms with Crippen LogP contribution in [0.5, 0.6) is 0 Å². The molecule has 0 saturated carbocycles. The molecule has 0 aromatic heterocycles. The molecular formula is C18H26FN3O. The number of nitrogens with two attached hydrogens (primary N) is 1. The zero-order valence-electron chi connectivity index (χ0n) is 13.6. The van der Waals surface area contributed by atoms with Gasteiger partial charge in [-0.15, -0.1) is 0 Å². The lowest BCUT2D eigenvalue weighted by Crippen LogP contribution is -2.43. The number of nitrogens with zero attached hydrogens (tertiary/aromatic N) is 2. The maximum absolute atomic E-state index is 13.3. The smallest absolute Gasteiger partial charge is 0.191 e. The summed E-state index contributed by atoms with van der Waals surface area (Å²) in [6.45, 7) is 4.08. The number of likely N-dealkylation sites (tertiary alicyclic amines) is 1. The molecule has 0 aliphatic carbocycles. The summed E-state index contributed by atoms with van der Waals surface area (Å²) in [4.78, 5) is 6.90. The Hall–Kier alpha value is -1.62. The Labute approximate surface area is 137 Å². The van der Waals surface area contributed by atoms with Crippen LogP contribution in [-0.4, -0.2) is 43.7 Å². The molecule has 5 heteroatoms. The molecule has 1 aromatic rings. The second kappa shape index (κ2) is 7.30. The molecule has 0 amide bonds. The molecule has 2 fully saturated rings. The highest BCUT2D eigenvalue weighted by Crippen LogP contribution is 2.35. The molecule has 0 unspecified atom stereocenters. The summed E-state index contributed by atoms with van der Waals surface area (Å²) in [6.07, 6.45) is 5.45. The minimum Gasteiger partial charge on any atom is -0.381 e. The van der Waals surface area contributed by atoms with Crippen LogP contribution in [0.3, 0.4) is 0 Å². The highest BCUT2D eigenvalue weighted by Gasteiger charge is 2.34. The van der Waals surface area contributed by atoms with Crippen LogP contribution in [0.25, 0.3) is 0 Å². The molecule has 2 aliphatic heterocycles. The summed E-state index contributed by atoms with van der Waals surface area (Å²) in [5.74, 6) is 0.449. The van der Waals surface area contributed by atoms with Crippen molar-refractivity contribution in [3.05, 3.63) is 35.6 Å². The van der Waals surface area contributed by atoms with E-state index >= 15 is 0 Å². The van der Waals surface area contributed by atoms with Crippen molar-refractivity contribution in [2.75, 3.05) is 32.8 Å².